The molecule has 0 spiro atoms. The molecule has 0 saturated carbocycles. The number of aromatic nitrogens is 5. The van der Waals surface area contributed by atoms with Crippen molar-refractivity contribution in [3.63, 3.8) is 0 Å². The highest BCUT2D eigenvalue weighted by Crippen LogP contribution is 2.28. The molecule has 0 aliphatic rings. The van der Waals surface area contributed by atoms with E-state index in [1.807, 2.05) is 23.0 Å². The van der Waals surface area contributed by atoms with E-state index in [1.165, 1.54) is 5.56 Å². The number of imidazole rings is 1. The van der Waals surface area contributed by atoms with Crippen LogP contribution in [0, 0.1) is 6.92 Å². The third kappa shape index (κ3) is 4.18. The summed E-state index contributed by atoms with van der Waals surface area (Å²) in [5.74, 6) is 0.681. The maximum atomic E-state index is 6.08. The van der Waals surface area contributed by atoms with Gasteiger partial charge in [-0.05, 0) is 19.1 Å². The van der Waals surface area contributed by atoms with E-state index >= 15 is 0 Å². The second kappa shape index (κ2) is 8.04. The number of benzene rings is 2. The van der Waals surface area contributed by atoms with Gasteiger partial charge in [0.1, 0.15) is 5.69 Å². The maximum Gasteiger partial charge on any atom is 0.200 e. The van der Waals surface area contributed by atoms with Crippen molar-refractivity contribution in [1.82, 2.24) is 25.0 Å². The van der Waals surface area contributed by atoms with Crippen molar-refractivity contribution in [2.45, 2.75) is 13.5 Å². The summed E-state index contributed by atoms with van der Waals surface area (Å²) >= 11 is 12.0. The molecule has 0 aliphatic heterocycles. The summed E-state index contributed by atoms with van der Waals surface area (Å²) in [5, 5.41) is 12.7. The summed E-state index contributed by atoms with van der Waals surface area (Å²) in [6.07, 6.45) is 3.70. The zero-order valence-electron chi connectivity index (χ0n) is 15.2. The molecule has 0 saturated heterocycles. The molecule has 4 rings (SSSR count). The Labute approximate surface area is 172 Å². The third-order valence-electron chi connectivity index (χ3n) is 4.33. The minimum atomic E-state index is 0.513. The normalized spacial score (nSPS) is 11.0. The molecule has 28 heavy (non-hydrogen) atoms. The molecule has 0 bridgehead atoms. The molecule has 0 atom stereocenters. The van der Waals surface area contributed by atoms with Gasteiger partial charge in [-0.15, -0.1) is 5.10 Å². The minimum absolute atomic E-state index is 0.513. The molecule has 0 radical (unpaired) electrons. The first-order chi connectivity index (χ1) is 13.6. The van der Waals surface area contributed by atoms with Crippen molar-refractivity contribution < 1.29 is 0 Å². The van der Waals surface area contributed by atoms with E-state index in [1.54, 1.807) is 12.3 Å². The van der Waals surface area contributed by atoms with Gasteiger partial charge < -0.3 is 10.3 Å². The fourth-order valence-corrected chi connectivity index (χ4v) is 3.07. The van der Waals surface area contributed by atoms with Gasteiger partial charge >= 0.3 is 0 Å². The standard InChI is InChI=1S/C20H18Cl2N6/c1-13-2-4-14(5-3-13)19-12-28(27-26-19)9-8-23-20-24-11-18(25-20)15-6-7-16(21)17(22)10-15/h2-7,10-12H,8-9H2,1H3,(H2,23,24,25). The monoisotopic (exact) mass is 412 g/mol. The number of nitrogens with zero attached hydrogens (tertiary/aromatic N) is 4. The molecule has 2 N–H and O–H groups in total. The summed E-state index contributed by atoms with van der Waals surface area (Å²) in [5.41, 5.74) is 4.93. The van der Waals surface area contributed by atoms with Crippen LogP contribution in [0.5, 0.6) is 0 Å². The van der Waals surface area contributed by atoms with Crippen molar-refractivity contribution in [3.8, 4) is 22.5 Å². The van der Waals surface area contributed by atoms with Crippen LogP contribution in [0.25, 0.3) is 22.5 Å². The first-order valence-electron chi connectivity index (χ1n) is 8.80. The number of rotatable bonds is 6. The SMILES string of the molecule is Cc1ccc(-c2cn(CCNc3ncc(-c4ccc(Cl)c(Cl)c4)[nH]3)nn2)cc1. The fourth-order valence-electron chi connectivity index (χ4n) is 2.77. The van der Waals surface area contributed by atoms with E-state index in [2.05, 4.69) is 56.8 Å². The Morgan fingerprint density at radius 1 is 1.04 bits per heavy atom. The quantitative estimate of drug-likeness (QED) is 0.463. The second-order valence-electron chi connectivity index (χ2n) is 6.43. The lowest BCUT2D eigenvalue weighted by atomic mass is 10.1. The van der Waals surface area contributed by atoms with E-state index in [4.69, 9.17) is 23.2 Å². The number of anilines is 1. The van der Waals surface area contributed by atoms with Crippen molar-refractivity contribution in [1.29, 1.82) is 0 Å². The van der Waals surface area contributed by atoms with Crippen molar-refractivity contribution in [3.05, 3.63) is 70.5 Å². The molecule has 8 heteroatoms. The van der Waals surface area contributed by atoms with Crippen LogP contribution in [0.2, 0.25) is 10.0 Å². The lowest BCUT2D eigenvalue weighted by Crippen LogP contribution is -2.11. The van der Waals surface area contributed by atoms with Gasteiger partial charge in [-0.25, -0.2) is 4.98 Å². The van der Waals surface area contributed by atoms with Gasteiger partial charge in [0.25, 0.3) is 0 Å². The Morgan fingerprint density at radius 3 is 2.61 bits per heavy atom. The molecule has 0 fully saturated rings. The van der Waals surface area contributed by atoms with Crippen molar-refractivity contribution >= 4 is 29.2 Å². The van der Waals surface area contributed by atoms with Crippen LogP contribution in [0.3, 0.4) is 0 Å². The Hall–Kier alpha value is -2.83. The van der Waals surface area contributed by atoms with Gasteiger partial charge in [-0.1, -0.05) is 64.3 Å². The molecule has 0 amide bonds. The lowest BCUT2D eigenvalue weighted by Gasteiger charge is -2.03. The van der Waals surface area contributed by atoms with Crippen LogP contribution in [-0.4, -0.2) is 31.5 Å². The van der Waals surface area contributed by atoms with Gasteiger partial charge in [0.15, 0.2) is 0 Å². The summed E-state index contributed by atoms with van der Waals surface area (Å²) in [6.45, 7) is 3.39. The summed E-state index contributed by atoms with van der Waals surface area (Å²) in [6, 6.07) is 13.7. The number of hydrogen-bond acceptors (Lipinski definition) is 4. The van der Waals surface area contributed by atoms with E-state index in [-0.39, 0.29) is 0 Å². The van der Waals surface area contributed by atoms with Gasteiger partial charge in [-0.2, -0.15) is 0 Å². The lowest BCUT2D eigenvalue weighted by molar-refractivity contribution is 0.608. The summed E-state index contributed by atoms with van der Waals surface area (Å²) in [7, 11) is 0. The Morgan fingerprint density at radius 2 is 1.82 bits per heavy atom. The molecule has 0 aliphatic carbocycles. The topological polar surface area (TPSA) is 71.4 Å². The third-order valence-corrected chi connectivity index (χ3v) is 5.06. The Kier molecular flexibility index (Phi) is 5.32. The number of hydrogen-bond donors (Lipinski definition) is 2. The van der Waals surface area contributed by atoms with Crippen LogP contribution < -0.4 is 5.32 Å². The number of halogens is 2. The first-order valence-corrected chi connectivity index (χ1v) is 9.55. The Balaban J connectivity index is 1.35. The number of aromatic amines is 1. The highest BCUT2D eigenvalue weighted by molar-refractivity contribution is 6.42. The van der Waals surface area contributed by atoms with Crippen LogP contribution in [0.15, 0.2) is 54.9 Å². The van der Waals surface area contributed by atoms with E-state index < -0.39 is 0 Å². The predicted octanol–water partition coefficient (Wildman–Crippen LogP) is 5.06. The summed E-state index contributed by atoms with van der Waals surface area (Å²) in [4.78, 5) is 7.58. The van der Waals surface area contributed by atoms with Crippen LogP contribution in [-0.2, 0) is 6.54 Å². The van der Waals surface area contributed by atoms with Crippen LogP contribution in [0.4, 0.5) is 5.95 Å². The molecule has 6 nitrogen and oxygen atoms in total. The van der Waals surface area contributed by atoms with Crippen LogP contribution in [0.1, 0.15) is 5.56 Å². The maximum absolute atomic E-state index is 6.08. The number of aryl methyl sites for hydroxylation is 1. The van der Waals surface area contributed by atoms with Gasteiger partial charge in [0.2, 0.25) is 5.95 Å². The van der Waals surface area contributed by atoms with Crippen LogP contribution >= 0.6 is 23.2 Å². The minimum Gasteiger partial charge on any atom is -0.354 e. The summed E-state index contributed by atoms with van der Waals surface area (Å²) < 4.78 is 1.81. The first kappa shape index (κ1) is 18.5. The highest BCUT2D eigenvalue weighted by atomic mass is 35.5. The van der Waals surface area contributed by atoms with E-state index in [0.29, 0.717) is 29.1 Å². The van der Waals surface area contributed by atoms with Gasteiger partial charge in [-0.3, -0.25) is 4.68 Å². The number of H-pyrrole nitrogens is 1. The smallest absolute Gasteiger partial charge is 0.200 e. The second-order valence-corrected chi connectivity index (χ2v) is 7.25. The van der Waals surface area contributed by atoms with E-state index in [0.717, 1.165) is 22.5 Å². The fraction of sp³-hybridized carbons (Fsp3) is 0.150. The molecule has 2 heterocycles. The molecular formula is C20H18Cl2N6. The molecular weight excluding hydrogens is 395 g/mol. The van der Waals surface area contributed by atoms with Gasteiger partial charge in [0.05, 0.1) is 34.7 Å². The van der Waals surface area contributed by atoms with Crippen molar-refractivity contribution in [2.75, 3.05) is 11.9 Å². The molecule has 2 aromatic heterocycles. The highest BCUT2D eigenvalue weighted by Gasteiger charge is 2.07. The molecule has 0 unspecified atom stereocenters. The van der Waals surface area contributed by atoms with Gasteiger partial charge in [0, 0.05) is 17.7 Å². The largest absolute Gasteiger partial charge is 0.354 e. The average Bonchev–Trinajstić information content (AvgIpc) is 3.35. The Bertz CT molecular complexity index is 1080. The zero-order chi connectivity index (χ0) is 19.5. The average molecular weight is 413 g/mol. The van der Waals surface area contributed by atoms with E-state index in [9.17, 15) is 0 Å². The zero-order valence-corrected chi connectivity index (χ0v) is 16.7. The van der Waals surface area contributed by atoms with Crippen molar-refractivity contribution in [2.24, 2.45) is 0 Å². The molecule has 142 valence electrons. The number of nitrogens with one attached hydrogen (secondary N) is 2. The predicted molar refractivity (Wildman–Crippen MR) is 113 cm³/mol. The molecule has 2 aromatic carbocycles. The molecule has 4 aromatic rings.